The molecule has 1 N–H and O–H groups in total. The van der Waals surface area contributed by atoms with Gasteiger partial charge in [0.1, 0.15) is 19.8 Å². The number of unbranched alkanes of at least 4 members (excludes halogenated alkanes) is 19. The highest BCUT2D eigenvalue weighted by molar-refractivity contribution is 7.47. The molecule has 9 nitrogen and oxygen atoms in total. The maximum atomic E-state index is 12.7. The third-order valence-electron chi connectivity index (χ3n) is 9.14. The lowest BCUT2D eigenvalue weighted by Crippen LogP contribution is -2.37. The number of hydrogen-bond donors (Lipinski definition) is 1. The minimum absolute atomic E-state index is 0.0235. The molecule has 0 aromatic carbocycles. The quantitative estimate of drug-likeness (QED) is 0.0216. The van der Waals surface area contributed by atoms with Gasteiger partial charge in [-0.3, -0.25) is 18.6 Å². The number of quaternary nitrogens is 1. The van der Waals surface area contributed by atoms with Gasteiger partial charge in [-0.2, -0.15) is 0 Å². The highest BCUT2D eigenvalue weighted by Gasteiger charge is 2.27. The lowest BCUT2D eigenvalue weighted by atomic mass is 10.1. The van der Waals surface area contributed by atoms with E-state index in [0.717, 1.165) is 51.4 Å². The molecule has 0 radical (unpaired) electrons. The molecule has 316 valence electrons. The summed E-state index contributed by atoms with van der Waals surface area (Å²) in [6.45, 7) is 4.35. The number of esters is 2. The van der Waals surface area contributed by atoms with Crippen molar-refractivity contribution >= 4 is 19.8 Å². The number of hydrogen-bond acceptors (Lipinski definition) is 7. The van der Waals surface area contributed by atoms with Crippen LogP contribution in [0.1, 0.15) is 181 Å². The first-order chi connectivity index (χ1) is 26.0. The van der Waals surface area contributed by atoms with E-state index < -0.39 is 32.5 Å². The Morgan fingerprint density at radius 3 is 1.52 bits per heavy atom. The number of nitrogens with zero attached hydrogens (tertiary/aromatic N) is 1. The summed E-state index contributed by atoms with van der Waals surface area (Å²) in [7, 11) is 1.45. The largest absolute Gasteiger partial charge is 0.472 e. The number of rotatable bonds is 39. The van der Waals surface area contributed by atoms with E-state index in [-0.39, 0.29) is 26.1 Å². The predicted octanol–water partition coefficient (Wildman–Crippen LogP) is 12.1. The molecule has 0 heterocycles. The van der Waals surface area contributed by atoms with Crippen molar-refractivity contribution in [2.75, 3.05) is 47.5 Å². The van der Waals surface area contributed by atoms with Gasteiger partial charge in [-0.15, -0.1) is 0 Å². The van der Waals surface area contributed by atoms with Crippen LogP contribution >= 0.6 is 7.82 Å². The normalized spacial score (nSPS) is 14.0. The summed E-state index contributed by atoms with van der Waals surface area (Å²) in [4.78, 5) is 35.3. The van der Waals surface area contributed by atoms with Gasteiger partial charge < -0.3 is 18.9 Å². The van der Waals surface area contributed by atoms with E-state index in [1.807, 2.05) is 21.1 Å². The molecule has 0 fully saturated rings. The van der Waals surface area contributed by atoms with Crippen LogP contribution < -0.4 is 0 Å². The molecule has 2 atom stereocenters. The maximum Gasteiger partial charge on any atom is 0.472 e. The second-order valence-electron chi connectivity index (χ2n) is 15.7. The van der Waals surface area contributed by atoms with Crippen LogP contribution in [0, 0.1) is 0 Å². The van der Waals surface area contributed by atoms with Crippen LogP contribution in [0.25, 0.3) is 0 Å². The zero-order valence-electron chi connectivity index (χ0n) is 35.5. The number of carbonyl (C=O) groups is 2. The molecule has 0 bridgehead atoms. The molecular weight excluding hydrogens is 701 g/mol. The third kappa shape index (κ3) is 39.9. The van der Waals surface area contributed by atoms with Gasteiger partial charge in [0.15, 0.2) is 6.10 Å². The summed E-state index contributed by atoms with van der Waals surface area (Å²) in [5, 5.41) is 0. The molecule has 0 aromatic rings. The second kappa shape index (κ2) is 36.8. The van der Waals surface area contributed by atoms with Crippen LogP contribution in [0.5, 0.6) is 0 Å². The number of likely N-dealkylation sites (N-methyl/N-ethyl adjacent to an activating group) is 1. The monoisotopic (exact) mass is 785 g/mol. The summed E-state index contributed by atoms with van der Waals surface area (Å²) in [6, 6.07) is 0. The van der Waals surface area contributed by atoms with Crippen molar-refractivity contribution in [1.82, 2.24) is 0 Å². The van der Waals surface area contributed by atoms with Gasteiger partial charge in [0.2, 0.25) is 0 Å². The summed E-state index contributed by atoms with van der Waals surface area (Å²) >= 11 is 0. The third-order valence-corrected chi connectivity index (χ3v) is 10.1. The number of carbonyl (C=O) groups excluding carboxylic acids is 2. The first-order valence-corrected chi connectivity index (χ1v) is 23.2. The predicted molar refractivity (Wildman–Crippen MR) is 224 cm³/mol. The van der Waals surface area contributed by atoms with E-state index in [4.69, 9.17) is 18.5 Å². The first-order valence-electron chi connectivity index (χ1n) is 21.7. The van der Waals surface area contributed by atoms with Crippen molar-refractivity contribution in [1.29, 1.82) is 0 Å². The molecule has 0 aliphatic heterocycles. The van der Waals surface area contributed by atoms with Gasteiger partial charge in [0.25, 0.3) is 0 Å². The van der Waals surface area contributed by atoms with Crippen LogP contribution in [-0.2, 0) is 32.7 Å². The number of phosphoric ester groups is 1. The van der Waals surface area contributed by atoms with Gasteiger partial charge in [0.05, 0.1) is 27.7 Å². The molecule has 0 saturated heterocycles. The van der Waals surface area contributed by atoms with Crippen molar-refractivity contribution < 1.29 is 42.1 Å². The standard InChI is InChI=1S/C44H82NO8P/c1-6-8-10-12-14-16-18-20-22-24-26-28-30-32-34-36-43(46)50-40-42(41-52-54(48,49)51-39-38-45(3,4)5)53-44(47)37-35-33-31-29-27-25-23-21-19-17-15-13-11-9-7-2/h21,23-24,26-27,29,42H,6-20,22,25,28,30-41H2,1-5H3/p+1/b23-21+,26-24+,29-27+/t42-/m1/s1. The Morgan fingerprint density at radius 1 is 0.574 bits per heavy atom. The SMILES string of the molecule is CCCCCCCC/C=C/C/C=C/CCCCC(=O)O[C@H](COC(=O)CCCCC/C=C/CCCCCCCCCC)COP(=O)(O)OCC[N+](C)(C)C. The van der Waals surface area contributed by atoms with Crippen LogP contribution in [0.4, 0.5) is 0 Å². The van der Waals surface area contributed by atoms with Gasteiger partial charge in [-0.25, -0.2) is 4.57 Å². The van der Waals surface area contributed by atoms with Crippen LogP contribution in [-0.4, -0.2) is 74.9 Å². The minimum atomic E-state index is -4.38. The average molecular weight is 785 g/mol. The Bertz CT molecular complexity index is 1020. The highest BCUT2D eigenvalue weighted by atomic mass is 31.2. The molecule has 0 amide bonds. The number of allylic oxidation sites excluding steroid dienone is 6. The Hall–Kier alpha value is -1.77. The molecule has 0 saturated carbocycles. The Labute approximate surface area is 331 Å². The van der Waals surface area contributed by atoms with E-state index in [9.17, 15) is 19.0 Å². The Balaban J connectivity index is 4.45. The summed E-state index contributed by atoms with van der Waals surface area (Å²) in [6.07, 6.45) is 40.5. The van der Waals surface area contributed by atoms with Crippen LogP contribution in [0.2, 0.25) is 0 Å². The molecule has 0 aliphatic carbocycles. The first kappa shape index (κ1) is 52.2. The maximum absolute atomic E-state index is 12.7. The van der Waals surface area contributed by atoms with Gasteiger partial charge in [0, 0.05) is 12.8 Å². The van der Waals surface area contributed by atoms with Gasteiger partial charge in [-0.1, -0.05) is 134 Å². The zero-order valence-corrected chi connectivity index (χ0v) is 36.3. The molecule has 0 spiro atoms. The molecule has 0 aromatic heterocycles. The van der Waals surface area contributed by atoms with Crippen LogP contribution in [0.15, 0.2) is 36.5 Å². The van der Waals surface area contributed by atoms with Crippen molar-refractivity contribution in [2.24, 2.45) is 0 Å². The fourth-order valence-corrected chi connectivity index (χ4v) is 6.43. The smallest absolute Gasteiger partial charge is 0.462 e. The topological polar surface area (TPSA) is 108 Å². The average Bonchev–Trinajstić information content (AvgIpc) is 3.12. The van der Waals surface area contributed by atoms with E-state index >= 15 is 0 Å². The molecule has 54 heavy (non-hydrogen) atoms. The molecule has 10 heteroatoms. The Kier molecular flexibility index (Phi) is 35.6. The molecule has 1 unspecified atom stereocenters. The summed E-state index contributed by atoms with van der Waals surface area (Å²) < 4.78 is 34.2. The molecular formula is C44H83NO8P+. The lowest BCUT2D eigenvalue weighted by molar-refractivity contribution is -0.870. The lowest BCUT2D eigenvalue weighted by Gasteiger charge is -2.24. The fraction of sp³-hybridized carbons (Fsp3) is 0.818. The zero-order chi connectivity index (χ0) is 40.0. The summed E-state index contributed by atoms with van der Waals surface area (Å²) in [5.41, 5.74) is 0. The highest BCUT2D eigenvalue weighted by Crippen LogP contribution is 2.43. The summed E-state index contributed by atoms with van der Waals surface area (Å²) in [5.74, 6) is -0.854. The number of ether oxygens (including phenoxy) is 2. The van der Waals surface area contributed by atoms with E-state index in [1.165, 1.54) is 89.9 Å². The van der Waals surface area contributed by atoms with E-state index in [1.54, 1.807) is 0 Å². The molecule has 0 aliphatic rings. The van der Waals surface area contributed by atoms with E-state index in [0.29, 0.717) is 23.9 Å². The fourth-order valence-electron chi connectivity index (χ4n) is 5.68. The van der Waals surface area contributed by atoms with E-state index in [2.05, 4.69) is 50.3 Å². The van der Waals surface area contributed by atoms with Crippen molar-refractivity contribution in [3.8, 4) is 0 Å². The number of phosphoric acid groups is 1. The van der Waals surface area contributed by atoms with Gasteiger partial charge in [-0.05, 0) is 70.6 Å². The minimum Gasteiger partial charge on any atom is -0.462 e. The molecule has 0 rings (SSSR count). The Morgan fingerprint density at radius 2 is 1.00 bits per heavy atom. The van der Waals surface area contributed by atoms with Crippen molar-refractivity contribution in [3.63, 3.8) is 0 Å². The van der Waals surface area contributed by atoms with Crippen LogP contribution in [0.3, 0.4) is 0 Å². The second-order valence-corrected chi connectivity index (χ2v) is 17.2. The van der Waals surface area contributed by atoms with Crippen molar-refractivity contribution in [3.05, 3.63) is 36.5 Å². The van der Waals surface area contributed by atoms with Gasteiger partial charge >= 0.3 is 19.8 Å². The van der Waals surface area contributed by atoms with Crippen molar-refractivity contribution in [2.45, 2.75) is 187 Å².